The summed E-state index contributed by atoms with van der Waals surface area (Å²) < 4.78 is 7.67. The van der Waals surface area contributed by atoms with E-state index in [9.17, 15) is 0 Å². The summed E-state index contributed by atoms with van der Waals surface area (Å²) >= 11 is 12.4. The monoisotopic (exact) mass is 502 g/mol. The number of pyridine rings is 1. The Balaban J connectivity index is 1.67. The van der Waals surface area contributed by atoms with Crippen molar-refractivity contribution >= 4 is 34.6 Å². The van der Waals surface area contributed by atoms with Crippen LogP contribution in [0.5, 0.6) is 5.75 Å². The third kappa shape index (κ3) is 4.17. The molecule has 1 aliphatic heterocycles. The molecule has 5 rings (SSSR count). The molecule has 1 aliphatic rings. The summed E-state index contributed by atoms with van der Waals surface area (Å²) in [6, 6.07) is 22.4. The number of ether oxygens (including phenoxy) is 1. The molecule has 7 heteroatoms. The molecule has 35 heavy (non-hydrogen) atoms. The molecule has 4 aromatic rings. The average Bonchev–Trinajstić information content (AvgIpc) is 3.35. The third-order valence-corrected chi connectivity index (χ3v) is 7.20. The van der Waals surface area contributed by atoms with Crippen molar-refractivity contribution in [3.8, 4) is 11.4 Å². The van der Waals surface area contributed by atoms with Gasteiger partial charge in [-0.15, -0.1) is 0 Å². The minimum absolute atomic E-state index is 0.118. The molecule has 0 saturated carbocycles. The van der Waals surface area contributed by atoms with Crippen LogP contribution in [0, 0.1) is 20.8 Å². The lowest BCUT2D eigenvalue weighted by Gasteiger charge is -2.28. The molecule has 0 spiro atoms. The molecule has 0 bridgehead atoms. The third-order valence-electron chi connectivity index (χ3n) is 6.59. The Labute approximate surface area is 216 Å². The van der Waals surface area contributed by atoms with E-state index in [1.54, 1.807) is 7.11 Å². The van der Waals surface area contributed by atoms with E-state index in [1.807, 2.05) is 42.6 Å². The number of nitrogens with zero attached hydrogens (tertiary/aromatic N) is 3. The molecule has 0 amide bonds. The second-order valence-electron chi connectivity index (χ2n) is 8.81. The van der Waals surface area contributed by atoms with Gasteiger partial charge in [0.2, 0.25) is 0 Å². The van der Waals surface area contributed by atoms with Crippen LogP contribution in [0.3, 0.4) is 0 Å². The Hall–Kier alpha value is -3.35. The quantitative estimate of drug-likeness (QED) is 0.310. The minimum atomic E-state index is -0.128. The fraction of sp³-hybridized carbons (Fsp3) is 0.214. The van der Waals surface area contributed by atoms with Crippen LogP contribution in [0.2, 0.25) is 5.02 Å². The Kier molecular flexibility index (Phi) is 6.26. The summed E-state index contributed by atoms with van der Waals surface area (Å²) in [6.07, 6.45) is 1.82. The number of hydrogen-bond donors (Lipinski definition) is 1. The van der Waals surface area contributed by atoms with Gasteiger partial charge >= 0.3 is 0 Å². The van der Waals surface area contributed by atoms with Crippen molar-refractivity contribution in [1.29, 1.82) is 0 Å². The van der Waals surface area contributed by atoms with Crippen molar-refractivity contribution in [3.05, 3.63) is 106 Å². The number of thiocarbonyl (C=S) groups is 1. The summed E-state index contributed by atoms with van der Waals surface area (Å²) in [7, 11) is 1.61. The first-order valence-corrected chi connectivity index (χ1v) is 12.3. The van der Waals surface area contributed by atoms with E-state index in [0.29, 0.717) is 15.9 Å². The minimum Gasteiger partial charge on any atom is -0.495 e. The highest BCUT2D eigenvalue weighted by Gasteiger charge is 2.42. The van der Waals surface area contributed by atoms with Crippen LogP contribution >= 0.6 is 23.8 Å². The van der Waals surface area contributed by atoms with Gasteiger partial charge in [0.15, 0.2) is 5.11 Å². The van der Waals surface area contributed by atoms with E-state index >= 15 is 0 Å². The van der Waals surface area contributed by atoms with Gasteiger partial charge in [0.05, 0.1) is 29.9 Å². The molecule has 3 heterocycles. The Bertz CT molecular complexity index is 1380. The van der Waals surface area contributed by atoms with Gasteiger partial charge in [0.25, 0.3) is 0 Å². The van der Waals surface area contributed by atoms with E-state index in [0.717, 1.165) is 28.5 Å². The first-order chi connectivity index (χ1) is 16.9. The molecule has 1 saturated heterocycles. The van der Waals surface area contributed by atoms with Gasteiger partial charge in [-0.25, -0.2) is 0 Å². The maximum Gasteiger partial charge on any atom is 0.174 e. The molecule has 2 atom stereocenters. The first kappa shape index (κ1) is 23.4. The number of methoxy groups -OCH3 is 1. The lowest BCUT2D eigenvalue weighted by atomic mass is 9.96. The maximum absolute atomic E-state index is 6.52. The topological polar surface area (TPSA) is 42.3 Å². The lowest BCUT2D eigenvalue weighted by Crippen LogP contribution is -2.29. The fourth-order valence-corrected chi connectivity index (χ4v) is 5.53. The molecule has 5 nitrogen and oxygen atoms in total. The van der Waals surface area contributed by atoms with Crippen LogP contribution in [0.1, 0.15) is 40.3 Å². The van der Waals surface area contributed by atoms with Crippen LogP contribution in [0.15, 0.2) is 72.9 Å². The van der Waals surface area contributed by atoms with E-state index in [1.165, 1.54) is 11.1 Å². The van der Waals surface area contributed by atoms with Crippen LogP contribution in [0.4, 0.5) is 5.69 Å². The molecular weight excluding hydrogens is 476 g/mol. The molecule has 0 unspecified atom stereocenters. The summed E-state index contributed by atoms with van der Waals surface area (Å²) in [4.78, 5) is 6.81. The lowest BCUT2D eigenvalue weighted by molar-refractivity contribution is 0.415. The number of anilines is 1. The van der Waals surface area contributed by atoms with E-state index < -0.39 is 0 Å². The van der Waals surface area contributed by atoms with Gasteiger partial charge < -0.3 is 19.5 Å². The largest absolute Gasteiger partial charge is 0.495 e. The predicted octanol–water partition coefficient (Wildman–Crippen LogP) is 6.64. The van der Waals surface area contributed by atoms with Gasteiger partial charge in [0, 0.05) is 29.0 Å². The molecule has 2 aromatic carbocycles. The number of rotatable bonds is 5. The SMILES string of the molecule is COc1ccc(N2C(=S)N[C@@H](c3ccccn3)[C@@H]2c2cc(C)n(-c3ccc(C)cc3)c2C)cc1Cl. The molecule has 0 radical (unpaired) electrons. The molecule has 1 N–H and O–H groups in total. The number of aryl methyl sites for hydroxylation is 2. The molecule has 0 aliphatic carbocycles. The van der Waals surface area contributed by atoms with Crippen LogP contribution in [-0.2, 0) is 0 Å². The van der Waals surface area contributed by atoms with Gasteiger partial charge in [0.1, 0.15) is 5.75 Å². The van der Waals surface area contributed by atoms with Crippen molar-refractivity contribution in [2.75, 3.05) is 12.0 Å². The van der Waals surface area contributed by atoms with Gasteiger partial charge in [-0.2, -0.15) is 0 Å². The number of hydrogen-bond acceptors (Lipinski definition) is 3. The summed E-state index contributed by atoms with van der Waals surface area (Å²) in [5, 5.41) is 4.70. The molecule has 2 aromatic heterocycles. The summed E-state index contributed by atoms with van der Waals surface area (Å²) in [6.45, 7) is 6.41. The van der Waals surface area contributed by atoms with Gasteiger partial charge in [-0.05, 0) is 87.1 Å². The fourth-order valence-electron chi connectivity index (χ4n) is 4.93. The van der Waals surface area contributed by atoms with Crippen molar-refractivity contribution in [1.82, 2.24) is 14.9 Å². The van der Waals surface area contributed by atoms with E-state index in [4.69, 9.17) is 28.6 Å². The van der Waals surface area contributed by atoms with E-state index in [2.05, 4.69) is 70.9 Å². The Morgan fingerprint density at radius 2 is 1.71 bits per heavy atom. The van der Waals surface area contributed by atoms with Gasteiger partial charge in [-0.3, -0.25) is 4.98 Å². The number of nitrogens with one attached hydrogen (secondary N) is 1. The van der Waals surface area contributed by atoms with Crippen LogP contribution < -0.4 is 15.0 Å². The Morgan fingerprint density at radius 3 is 2.37 bits per heavy atom. The number of aromatic nitrogens is 2. The Morgan fingerprint density at radius 1 is 0.971 bits per heavy atom. The van der Waals surface area contributed by atoms with Crippen molar-refractivity contribution < 1.29 is 4.74 Å². The maximum atomic E-state index is 6.52. The smallest absolute Gasteiger partial charge is 0.174 e. The highest BCUT2D eigenvalue weighted by atomic mass is 35.5. The zero-order valence-electron chi connectivity index (χ0n) is 20.1. The standard InChI is InChI=1S/C28H27ClN4OS/c1-17-8-10-20(11-9-17)32-18(2)15-22(19(32)3)27-26(24-7-5-6-14-30-24)31-28(35)33(27)21-12-13-25(34-4)23(29)16-21/h5-16,26-27H,1-4H3,(H,31,35)/t26-,27-/m0/s1. The number of benzene rings is 2. The molecule has 178 valence electrons. The normalized spacial score (nSPS) is 17.5. The average molecular weight is 503 g/mol. The first-order valence-electron chi connectivity index (χ1n) is 11.5. The van der Waals surface area contributed by atoms with Crippen LogP contribution in [0.25, 0.3) is 5.69 Å². The zero-order chi connectivity index (χ0) is 24.7. The predicted molar refractivity (Wildman–Crippen MR) is 146 cm³/mol. The zero-order valence-corrected chi connectivity index (χ0v) is 21.7. The highest BCUT2D eigenvalue weighted by Crippen LogP contribution is 2.44. The summed E-state index contributed by atoms with van der Waals surface area (Å²) in [5.41, 5.74) is 7.70. The van der Waals surface area contributed by atoms with Gasteiger partial charge in [-0.1, -0.05) is 35.4 Å². The van der Waals surface area contributed by atoms with Crippen LogP contribution in [-0.4, -0.2) is 21.8 Å². The van der Waals surface area contributed by atoms with Crippen molar-refractivity contribution in [3.63, 3.8) is 0 Å². The molecule has 1 fully saturated rings. The van der Waals surface area contributed by atoms with E-state index in [-0.39, 0.29) is 12.1 Å². The second-order valence-corrected chi connectivity index (χ2v) is 9.61. The van der Waals surface area contributed by atoms with Crippen molar-refractivity contribution in [2.24, 2.45) is 0 Å². The number of halogens is 1. The second kappa shape index (κ2) is 9.36. The summed E-state index contributed by atoms with van der Waals surface area (Å²) in [5.74, 6) is 0.629. The van der Waals surface area contributed by atoms with Crippen molar-refractivity contribution in [2.45, 2.75) is 32.9 Å². The molecular formula is C28H27ClN4OS. The highest BCUT2D eigenvalue weighted by molar-refractivity contribution is 7.80.